The first-order valence-electron chi connectivity index (χ1n) is 9.89. The van der Waals surface area contributed by atoms with Crippen LogP contribution in [0.1, 0.15) is 39.5 Å². The molecule has 0 radical (unpaired) electrons. The van der Waals surface area contributed by atoms with Crippen molar-refractivity contribution in [3.63, 3.8) is 0 Å². The summed E-state index contributed by atoms with van der Waals surface area (Å²) in [5.74, 6) is -0.608. The maximum Gasteiger partial charge on any atom is 0.416 e. The van der Waals surface area contributed by atoms with Gasteiger partial charge in [-0.05, 0) is 53.9 Å². The van der Waals surface area contributed by atoms with Crippen LogP contribution in [0.2, 0.25) is 0 Å². The average molecular weight is 428 g/mol. The van der Waals surface area contributed by atoms with E-state index in [4.69, 9.17) is 0 Å². The Hall–Kier alpha value is -3.19. The number of carbonyl (C=O) groups is 1. The van der Waals surface area contributed by atoms with Gasteiger partial charge in [0.2, 0.25) is 0 Å². The number of rotatable bonds is 4. The van der Waals surface area contributed by atoms with Crippen molar-refractivity contribution in [1.82, 2.24) is 5.32 Å². The van der Waals surface area contributed by atoms with Crippen LogP contribution in [-0.2, 0) is 12.7 Å². The van der Waals surface area contributed by atoms with Gasteiger partial charge in [0.25, 0.3) is 5.91 Å². The molecule has 0 saturated heterocycles. The summed E-state index contributed by atoms with van der Waals surface area (Å²) in [6.07, 6.45) is -3.90. The molecule has 3 aromatic rings. The van der Waals surface area contributed by atoms with E-state index in [0.29, 0.717) is 35.3 Å². The Labute approximate surface area is 177 Å². The van der Waals surface area contributed by atoms with Gasteiger partial charge in [-0.3, -0.25) is 4.79 Å². The van der Waals surface area contributed by atoms with Crippen molar-refractivity contribution in [2.24, 2.45) is 0 Å². The molecular formula is C24H20F4N2O. The molecule has 1 atom stereocenters. The monoisotopic (exact) mass is 428 g/mol. The van der Waals surface area contributed by atoms with E-state index in [2.05, 4.69) is 5.32 Å². The van der Waals surface area contributed by atoms with Crippen molar-refractivity contribution in [2.75, 3.05) is 11.4 Å². The first-order valence-corrected chi connectivity index (χ1v) is 9.89. The second-order valence-corrected chi connectivity index (χ2v) is 7.45. The number of anilines is 1. The lowest BCUT2D eigenvalue weighted by atomic mass is 9.95. The molecule has 1 unspecified atom stereocenters. The quantitative estimate of drug-likeness (QED) is 0.539. The first-order chi connectivity index (χ1) is 14.8. The Balaban J connectivity index is 1.56. The minimum atomic E-state index is -4.41. The highest BCUT2D eigenvalue weighted by molar-refractivity contribution is 6.06. The molecule has 7 heteroatoms. The van der Waals surface area contributed by atoms with E-state index in [9.17, 15) is 22.4 Å². The minimum Gasteiger partial charge on any atom is -0.308 e. The molecule has 0 aliphatic carbocycles. The predicted molar refractivity (Wildman–Crippen MR) is 110 cm³/mol. The van der Waals surface area contributed by atoms with Gasteiger partial charge >= 0.3 is 6.18 Å². The number of nitrogens with zero attached hydrogens (tertiary/aromatic N) is 1. The average Bonchev–Trinajstić information content (AvgIpc) is 2.77. The van der Waals surface area contributed by atoms with Crippen LogP contribution in [0.25, 0.3) is 0 Å². The first kappa shape index (κ1) is 21.1. The molecular weight excluding hydrogens is 408 g/mol. The molecule has 1 aliphatic heterocycles. The molecule has 0 saturated carbocycles. The molecule has 1 heterocycles. The van der Waals surface area contributed by atoms with Crippen LogP contribution in [-0.4, -0.2) is 12.5 Å². The number of halogens is 4. The molecule has 31 heavy (non-hydrogen) atoms. The molecule has 1 aliphatic rings. The molecule has 0 fully saturated rings. The SMILES string of the molecule is O=C(c1ccccc1)N1CCC(NCc2cccc(C(F)(F)F)c2)c2cc(F)ccc21. The number of benzene rings is 3. The van der Waals surface area contributed by atoms with Crippen LogP contribution in [0.3, 0.4) is 0 Å². The summed E-state index contributed by atoms with van der Waals surface area (Å²) in [4.78, 5) is 14.6. The van der Waals surface area contributed by atoms with Gasteiger partial charge in [-0.15, -0.1) is 0 Å². The minimum absolute atomic E-state index is 0.176. The van der Waals surface area contributed by atoms with E-state index in [1.165, 1.54) is 18.2 Å². The number of amides is 1. The molecule has 0 aromatic heterocycles. The summed E-state index contributed by atoms with van der Waals surface area (Å²) in [6, 6.07) is 17.9. The van der Waals surface area contributed by atoms with E-state index in [0.717, 1.165) is 12.1 Å². The zero-order valence-electron chi connectivity index (χ0n) is 16.5. The van der Waals surface area contributed by atoms with Gasteiger partial charge < -0.3 is 10.2 Å². The van der Waals surface area contributed by atoms with Crippen LogP contribution in [0.4, 0.5) is 23.2 Å². The summed E-state index contributed by atoms with van der Waals surface area (Å²) >= 11 is 0. The third-order valence-electron chi connectivity index (χ3n) is 5.37. The fourth-order valence-electron chi connectivity index (χ4n) is 3.84. The Kier molecular flexibility index (Phi) is 5.78. The highest BCUT2D eigenvalue weighted by Crippen LogP contribution is 2.36. The second-order valence-electron chi connectivity index (χ2n) is 7.45. The molecule has 0 spiro atoms. The number of nitrogens with one attached hydrogen (secondary N) is 1. The highest BCUT2D eigenvalue weighted by atomic mass is 19.4. The van der Waals surface area contributed by atoms with Crippen LogP contribution < -0.4 is 10.2 Å². The maximum absolute atomic E-state index is 14.0. The third-order valence-corrected chi connectivity index (χ3v) is 5.37. The standard InChI is InChI=1S/C24H20F4N2O/c25-19-9-10-22-20(14-19)21(11-12-30(22)23(31)17-6-2-1-3-7-17)29-15-16-5-4-8-18(13-16)24(26,27)28/h1-10,13-14,21,29H,11-12,15H2. The summed E-state index contributed by atoms with van der Waals surface area (Å²) in [6.45, 7) is 0.601. The summed E-state index contributed by atoms with van der Waals surface area (Å²) < 4.78 is 52.9. The summed E-state index contributed by atoms with van der Waals surface area (Å²) in [5.41, 5.74) is 1.52. The van der Waals surface area contributed by atoms with E-state index >= 15 is 0 Å². The van der Waals surface area contributed by atoms with Crippen LogP contribution in [0.5, 0.6) is 0 Å². The number of fused-ring (bicyclic) bond motifs is 1. The maximum atomic E-state index is 14.0. The molecule has 0 bridgehead atoms. The molecule has 3 aromatic carbocycles. The number of hydrogen-bond donors (Lipinski definition) is 1. The number of alkyl halides is 3. The highest BCUT2D eigenvalue weighted by Gasteiger charge is 2.31. The number of hydrogen-bond acceptors (Lipinski definition) is 2. The fraction of sp³-hybridized carbons (Fsp3) is 0.208. The van der Waals surface area contributed by atoms with Gasteiger partial charge in [0.05, 0.1) is 5.56 Å². The Bertz CT molecular complexity index is 1080. The summed E-state index contributed by atoms with van der Waals surface area (Å²) in [5, 5.41) is 3.23. The Morgan fingerprint density at radius 1 is 1.00 bits per heavy atom. The van der Waals surface area contributed by atoms with Crippen LogP contribution >= 0.6 is 0 Å². The van der Waals surface area contributed by atoms with Crippen LogP contribution in [0, 0.1) is 5.82 Å². The molecule has 4 rings (SSSR count). The van der Waals surface area contributed by atoms with Gasteiger partial charge in [0.1, 0.15) is 5.82 Å². The smallest absolute Gasteiger partial charge is 0.308 e. The molecule has 3 nitrogen and oxygen atoms in total. The van der Waals surface area contributed by atoms with Gasteiger partial charge in [-0.2, -0.15) is 13.2 Å². The summed E-state index contributed by atoms with van der Waals surface area (Å²) in [7, 11) is 0. The van der Waals surface area contributed by atoms with E-state index < -0.39 is 17.6 Å². The zero-order valence-corrected chi connectivity index (χ0v) is 16.5. The van der Waals surface area contributed by atoms with Crippen molar-refractivity contribution < 1.29 is 22.4 Å². The Morgan fingerprint density at radius 3 is 2.52 bits per heavy atom. The Morgan fingerprint density at radius 2 is 1.77 bits per heavy atom. The van der Waals surface area contributed by atoms with Gasteiger partial charge in [0.15, 0.2) is 0 Å². The van der Waals surface area contributed by atoms with E-state index in [-0.39, 0.29) is 18.5 Å². The van der Waals surface area contributed by atoms with Gasteiger partial charge in [0, 0.05) is 30.4 Å². The largest absolute Gasteiger partial charge is 0.416 e. The third kappa shape index (κ3) is 4.61. The molecule has 1 amide bonds. The predicted octanol–water partition coefficient (Wildman–Crippen LogP) is 5.73. The van der Waals surface area contributed by atoms with Crippen molar-refractivity contribution in [3.05, 3.63) is 101 Å². The van der Waals surface area contributed by atoms with Gasteiger partial charge in [-0.1, -0.05) is 36.4 Å². The zero-order chi connectivity index (χ0) is 22.0. The lowest BCUT2D eigenvalue weighted by molar-refractivity contribution is -0.137. The van der Waals surface area contributed by atoms with Crippen molar-refractivity contribution >= 4 is 11.6 Å². The van der Waals surface area contributed by atoms with Gasteiger partial charge in [-0.25, -0.2) is 4.39 Å². The van der Waals surface area contributed by atoms with Crippen LogP contribution in [0.15, 0.2) is 72.8 Å². The van der Waals surface area contributed by atoms with E-state index in [1.807, 2.05) is 6.07 Å². The van der Waals surface area contributed by atoms with Crippen molar-refractivity contribution in [2.45, 2.75) is 25.2 Å². The topological polar surface area (TPSA) is 32.3 Å². The fourth-order valence-corrected chi connectivity index (χ4v) is 3.84. The second kappa shape index (κ2) is 8.51. The van der Waals surface area contributed by atoms with E-state index in [1.54, 1.807) is 41.3 Å². The number of carbonyl (C=O) groups excluding carboxylic acids is 1. The normalized spacial score (nSPS) is 16.1. The molecule has 160 valence electrons. The van der Waals surface area contributed by atoms with Crippen molar-refractivity contribution in [3.8, 4) is 0 Å². The lowest BCUT2D eigenvalue weighted by Crippen LogP contribution is -2.39. The lowest BCUT2D eigenvalue weighted by Gasteiger charge is -2.35. The van der Waals surface area contributed by atoms with Crippen molar-refractivity contribution in [1.29, 1.82) is 0 Å². The molecule has 1 N–H and O–H groups in total.